The zero-order valence-corrected chi connectivity index (χ0v) is 20.7. The molecule has 2 atom stereocenters. The minimum Gasteiger partial charge on any atom is -0.480 e. The summed E-state index contributed by atoms with van der Waals surface area (Å²) < 4.78 is 5.10. The van der Waals surface area contributed by atoms with Gasteiger partial charge in [-0.15, -0.1) is 0 Å². The Bertz CT molecular complexity index is 1020. The topological polar surface area (TPSA) is 99.2 Å². The number of hydrogen-bond donors (Lipinski definition) is 2. The lowest BCUT2D eigenvalue weighted by Gasteiger charge is -2.38. The zero-order chi connectivity index (χ0) is 25.4. The summed E-state index contributed by atoms with van der Waals surface area (Å²) in [5, 5.41) is 11.8. The molecule has 35 heavy (non-hydrogen) atoms. The van der Waals surface area contributed by atoms with E-state index in [4.69, 9.17) is 4.74 Å². The summed E-state index contributed by atoms with van der Waals surface area (Å²) in [7, 11) is 0. The van der Waals surface area contributed by atoms with Gasteiger partial charge in [0.1, 0.15) is 12.6 Å². The van der Waals surface area contributed by atoms with Gasteiger partial charge in [-0.3, -0.25) is 9.69 Å². The van der Waals surface area contributed by atoms with Crippen molar-refractivity contribution in [2.24, 2.45) is 0 Å². The normalized spacial score (nSPS) is 15.8. The van der Waals surface area contributed by atoms with Crippen molar-refractivity contribution in [1.29, 1.82) is 0 Å². The molecule has 2 aromatic rings. The van der Waals surface area contributed by atoms with Crippen LogP contribution < -0.4 is 5.32 Å². The predicted molar refractivity (Wildman–Crippen MR) is 133 cm³/mol. The largest absolute Gasteiger partial charge is 0.480 e. The lowest BCUT2D eigenvalue weighted by Crippen LogP contribution is -2.49. The van der Waals surface area contributed by atoms with Gasteiger partial charge >= 0.3 is 12.1 Å². The first kappa shape index (κ1) is 26.2. The third-order valence-electron chi connectivity index (χ3n) is 6.54. The number of aliphatic carboxylic acids is 1. The van der Waals surface area contributed by atoms with Gasteiger partial charge in [-0.05, 0) is 43.9 Å². The van der Waals surface area contributed by atoms with Gasteiger partial charge in [-0.1, -0.05) is 54.1 Å². The Balaban J connectivity index is 1.44. The van der Waals surface area contributed by atoms with E-state index in [1.54, 1.807) is 4.90 Å². The molecule has 2 amide bonds. The fraction of sp³-hybridized carbons (Fsp3) is 0.444. The molecule has 3 rings (SSSR count). The molecule has 1 aliphatic rings. The van der Waals surface area contributed by atoms with Gasteiger partial charge in [0.05, 0.1) is 0 Å². The van der Waals surface area contributed by atoms with E-state index in [1.165, 1.54) is 16.7 Å². The number of carboxylic acids is 1. The summed E-state index contributed by atoms with van der Waals surface area (Å²) in [6, 6.07) is 14.7. The van der Waals surface area contributed by atoms with E-state index < -0.39 is 18.1 Å². The van der Waals surface area contributed by atoms with Crippen LogP contribution in [0.1, 0.15) is 48.1 Å². The number of nitrogens with zero attached hydrogens (tertiary/aromatic N) is 2. The number of alkyl carbamates (subject to hydrolysis) is 1. The van der Waals surface area contributed by atoms with Gasteiger partial charge in [0, 0.05) is 38.6 Å². The summed E-state index contributed by atoms with van der Waals surface area (Å²) in [6.07, 6.45) is -0.765. The molecule has 0 aliphatic carbocycles. The van der Waals surface area contributed by atoms with Gasteiger partial charge in [0.15, 0.2) is 0 Å². The number of nitrogens with one attached hydrogen (secondary N) is 1. The summed E-state index contributed by atoms with van der Waals surface area (Å²) in [5.41, 5.74) is 4.61. The van der Waals surface area contributed by atoms with Gasteiger partial charge in [0.2, 0.25) is 5.91 Å². The van der Waals surface area contributed by atoms with E-state index >= 15 is 0 Å². The van der Waals surface area contributed by atoms with Crippen LogP contribution in [0.2, 0.25) is 0 Å². The maximum absolute atomic E-state index is 12.7. The van der Waals surface area contributed by atoms with E-state index in [2.05, 4.69) is 49.2 Å². The van der Waals surface area contributed by atoms with Crippen molar-refractivity contribution >= 4 is 18.0 Å². The van der Waals surface area contributed by atoms with E-state index in [9.17, 15) is 19.5 Å². The molecule has 0 radical (unpaired) electrons. The molecule has 0 saturated carbocycles. The summed E-state index contributed by atoms with van der Waals surface area (Å²) >= 11 is 0. The number of amides is 2. The molecule has 1 unspecified atom stereocenters. The van der Waals surface area contributed by atoms with Crippen LogP contribution in [0.15, 0.2) is 48.5 Å². The molecule has 188 valence electrons. The fourth-order valence-electron chi connectivity index (χ4n) is 4.44. The molecule has 1 heterocycles. The molecular weight excluding hydrogens is 446 g/mol. The van der Waals surface area contributed by atoms with Crippen LogP contribution in [0, 0.1) is 13.8 Å². The Morgan fingerprint density at radius 3 is 2.34 bits per heavy atom. The second kappa shape index (κ2) is 12.4. The van der Waals surface area contributed by atoms with Crippen LogP contribution in [-0.4, -0.2) is 65.1 Å². The number of piperazine rings is 1. The third kappa shape index (κ3) is 7.55. The van der Waals surface area contributed by atoms with Gasteiger partial charge < -0.3 is 20.1 Å². The first-order valence-corrected chi connectivity index (χ1v) is 12.0. The average molecular weight is 482 g/mol. The van der Waals surface area contributed by atoms with Gasteiger partial charge in [0.25, 0.3) is 0 Å². The van der Waals surface area contributed by atoms with Crippen molar-refractivity contribution < 1.29 is 24.2 Å². The van der Waals surface area contributed by atoms with Crippen molar-refractivity contribution in [3.8, 4) is 0 Å². The van der Waals surface area contributed by atoms with Crippen molar-refractivity contribution in [3.63, 3.8) is 0 Å². The quantitative estimate of drug-likeness (QED) is 0.567. The van der Waals surface area contributed by atoms with Crippen LogP contribution >= 0.6 is 0 Å². The minimum atomic E-state index is -1.19. The monoisotopic (exact) mass is 481 g/mol. The number of aryl methyl sites for hydroxylation is 2. The SMILES string of the molecule is Cc1ccc(C(C)N2CCN(C(=O)CC[C@H](NC(=O)OCc3ccccc3)C(=O)O)CC2)c(C)c1. The fourth-order valence-corrected chi connectivity index (χ4v) is 4.44. The second-order valence-electron chi connectivity index (χ2n) is 9.09. The van der Waals surface area contributed by atoms with Crippen LogP contribution in [-0.2, 0) is 20.9 Å². The molecule has 0 aromatic heterocycles. The molecule has 2 aromatic carbocycles. The molecule has 0 bridgehead atoms. The van der Waals surface area contributed by atoms with E-state index in [0.29, 0.717) is 13.1 Å². The standard InChI is InChI=1S/C27H35N3O5/c1-19-9-10-23(20(2)17-19)21(3)29-13-15-30(16-14-29)25(31)12-11-24(26(32)33)28-27(34)35-18-22-7-5-4-6-8-22/h4-10,17,21,24H,11-16,18H2,1-3H3,(H,28,34)(H,32,33)/t21?,24-/m0/s1. The van der Waals surface area contributed by atoms with E-state index in [1.807, 2.05) is 30.3 Å². The highest BCUT2D eigenvalue weighted by molar-refractivity contribution is 5.81. The van der Waals surface area contributed by atoms with Gasteiger partial charge in [-0.2, -0.15) is 0 Å². The average Bonchev–Trinajstić information content (AvgIpc) is 2.85. The Hall–Kier alpha value is -3.39. The Morgan fingerprint density at radius 1 is 1.03 bits per heavy atom. The number of benzene rings is 2. The third-order valence-corrected chi connectivity index (χ3v) is 6.54. The zero-order valence-electron chi connectivity index (χ0n) is 20.7. The van der Waals surface area contributed by atoms with Crippen LogP contribution in [0.5, 0.6) is 0 Å². The van der Waals surface area contributed by atoms with Crippen LogP contribution in [0.4, 0.5) is 4.79 Å². The number of hydrogen-bond acceptors (Lipinski definition) is 5. The number of carbonyl (C=O) groups excluding carboxylic acids is 2. The highest BCUT2D eigenvalue weighted by Gasteiger charge is 2.27. The smallest absolute Gasteiger partial charge is 0.408 e. The molecule has 8 heteroatoms. The predicted octanol–water partition coefficient (Wildman–Crippen LogP) is 3.67. The van der Waals surface area contributed by atoms with E-state index in [0.717, 1.165) is 18.7 Å². The molecule has 1 saturated heterocycles. The second-order valence-corrected chi connectivity index (χ2v) is 9.09. The molecule has 2 N–H and O–H groups in total. The number of rotatable bonds is 9. The van der Waals surface area contributed by atoms with Crippen LogP contribution in [0.25, 0.3) is 0 Å². The molecule has 1 aliphatic heterocycles. The molecular formula is C27H35N3O5. The first-order chi connectivity index (χ1) is 16.7. The number of ether oxygens (including phenoxy) is 1. The summed E-state index contributed by atoms with van der Waals surface area (Å²) in [5.74, 6) is -1.30. The first-order valence-electron chi connectivity index (χ1n) is 12.0. The summed E-state index contributed by atoms with van der Waals surface area (Å²) in [6.45, 7) is 9.15. The van der Waals surface area contributed by atoms with Crippen molar-refractivity contribution in [1.82, 2.24) is 15.1 Å². The minimum absolute atomic E-state index is 0.00772. The highest BCUT2D eigenvalue weighted by atomic mass is 16.5. The van der Waals surface area contributed by atoms with Crippen molar-refractivity contribution in [3.05, 3.63) is 70.8 Å². The highest BCUT2D eigenvalue weighted by Crippen LogP contribution is 2.25. The van der Waals surface area contributed by atoms with Crippen LogP contribution in [0.3, 0.4) is 0 Å². The maximum Gasteiger partial charge on any atom is 0.408 e. The number of carbonyl (C=O) groups is 3. The molecule has 1 fully saturated rings. The maximum atomic E-state index is 12.7. The van der Waals surface area contributed by atoms with Crippen molar-refractivity contribution in [2.45, 2.75) is 52.3 Å². The van der Waals surface area contributed by atoms with Crippen molar-refractivity contribution in [2.75, 3.05) is 26.2 Å². The molecule has 8 nitrogen and oxygen atoms in total. The Morgan fingerprint density at radius 2 is 1.71 bits per heavy atom. The van der Waals surface area contributed by atoms with E-state index in [-0.39, 0.29) is 31.4 Å². The van der Waals surface area contributed by atoms with Gasteiger partial charge in [-0.25, -0.2) is 9.59 Å². The lowest BCUT2D eigenvalue weighted by molar-refractivity contribution is -0.140. The number of carboxylic acid groups (broad SMARTS) is 1. The summed E-state index contributed by atoms with van der Waals surface area (Å²) in [4.78, 5) is 40.5. The lowest BCUT2D eigenvalue weighted by atomic mass is 9.98. The molecule has 0 spiro atoms. The Labute approximate surface area is 206 Å². The Kier molecular flexibility index (Phi) is 9.25.